The van der Waals surface area contributed by atoms with Gasteiger partial charge in [-0.2, -0.15) is 0 Å². The van der Waals surface area contributed by atoms with Gasteiger partial charge in [-0.1, -0.05) is 13.0 Å². The zero-order chi connectivity index (χ0) is 17.4. The second-order valence-electron chi connectivity index (χ2n) is 5.77. The number of carbonyl (C=O) groups is 2. The summed E-state index contributed by atoms with van der Waals surface area (Å²) in [6.07, 6.45) is 0. The summed E-state index contributed by atoms with van der Waals surface area (Å²) in [7, 11) is 0. The van der Waals surface area contributed by atoms with Gasteiger partial charge in [0, 0.05) is 18.5 Å². The van der Waals surface area contributed by atoms with Crippen LogP contribution in [0.15, 0.2) is 23.6 Å². The van der Waals surface area contributed by atoms with Crippen molar-refractivity contribution in [3.05, 3.63) is 40.9 Å². The Morgan fingerprint density at radius 1 is 1.29 bits per heavy atom. The van der Waals surface area contributed by atoms with E-state index in [1.165, 1.54) is 16.3 Å². The number of rotatable bonds is 3. The fourth-order valence-electron chi connectivity index (χ4n) is 2.81. The van der Waals surface area contributed by atoms with Crippen LogP contribution in [0.1, 0.15) is 17.4 Å². The highest BCUT2D eigenvalue weighted by Crippen LogP contribution is 2.30. The number of carboxylic acid groups (broad SMARTS) is 1. The van der Waals surface area contributed by atoms with Crippen molar-refractivity contribution < 1.29 is 23.5 Å². The van der Waals surface area contributed by atoms with Gasteiger partial charge >= 0.3 is 5.97 Å². The van der Waals surface area contributed by atoms with Gasteiger partial charge in [0.15, 0.2) is 0 Å². The Balaban J connectivity index is 1.84. The first-order chi connectivity index (χ1) is 11.4. The van der Waals surface area contributed by atoms with E-state index in [1.807, 2.05) is 0 Å². The number of aromatic nitrogens is 1. The lowest BCUT2D eigenvalue weighted by atomic mass is 9.99. The summed E-state index contributed by atoms with van der Waals surface area (Å²) in [6.45, 7) is 2.19. The molecule has 24 heavy (non-hydrogen) atoms. The molecule has 0 bridgehead atoms. The third kappa shape index (κ3) is 2.89. The maximum atomic E-state index is 13.8. The summed E-state index contributed by atoms with van der Waals surface area (Å²) >= 11 is 0.971. The quantitative estimate of drug-likeness (QED) is 0.922. The maximum Gasteiger partial charge on any atom is 0.308 e. The highest BCUT2D eigenvalue weighted by molar-refractivity contribution is 7.13. The number of halogens is 2. The Bertz CT molecular complexity index is 788. The highest BCUT2D eigenvalue weighted by atomic mass is 32.1. The number of nitrogens with zero attached hydrogens (tertiary/aromatic N) is 2. The Kier molecular flexibility index (Phi) is 4.31. The van der Waals surface area contributed by atoms with E-state index in [2.05, 4.69) is 4.98 Å². The van der Waals surface area contributed by atoms with Crippen LogP contribution >= 0.6 is 11.3 Å². The topological polar surface area (TPSA) is 70.5 Å². The molecule has 2 heterocycles. The van der Waals surface area contributed by atoms with E-state index in [-0.39, 0.29) is 28.7 Å². The lowest BCUT2D eigenvalue weighted by Gasteiger charge is -2.13. The third-order valence-corrected chi connectivity index (χ3v) is 4.98. The molecular weight excluding hydrogens is 338 g/mol. The maximum absolute atomic E-state index is 13.8. The van der Waals surface area contributed by atoms with Gasteiger partial charge in [0.2, 0.25) is 0 Å². The summed E-state index contributed by atoms with van der Waals surface area (Å²) in [5.74, 6) is -3.63. The van der Waals surface area contributed by atoms with Gasteiger partial charge in [-0.25, -0.2) is 13.8 Å². The van der Waals surface area contributed by atoms with E-state index >= 15 is 0 Å². The molecule has 0 saturated carbocycles. The number of benzene rings is 1. The predicted octanol–water partition coefficient (Wildman–Crippen LogP) is 2.88. The first kappa shape index (κ1) is 16.5. The Labute approximate surface area is 140 Å². The van der Waals surface area contributed by atoms with Gasteiger partial charge in [-0.15, -0.1) is 11.3 Å². The van der Waals surface area contributed by atoms with E-state index in [1.54, 1.807) is 6.92 Å². The van der Waals surface area contributed by atoms with E-state index in [4.69, 9.17) is 5.11 Å². The molecule has 126 valence electrons. The lowest BCUT2D eigenvalue weighted by molar-refractivity contribution is -0.142. The molecule has 1 N–H and O–H groups in total. The standard InChI is InChI=1S/C16H14F2N2O3S/c1-8-5-20(6-9(8)16(22)23)15(21)12-7-24-14(19-12)13-10(17)3-2-4-11(13)18/h2-4,7-9H,5-6H2,1H3,(H,22,23)/t8-,9-/m1/s1. The number of carboxylic acids is 1. The van der Waals surface area contributed by atoms with Gasteiger partial charge in [0.05, 0.1) is 11.5 Å². The van der Waals surface area contributed by atoms with Crippen molar-refractivity contribution in [3.8, 4) is 10.6 Å². The van der Waals surface area contributed by atoms with Crippen molar-refractivity contribution in [1.29, 1.82) is 0 Å². The van der Waals surface area contributed by atoms with Crippen LogP contribution in [0.5, 0.6) is 0 Å². The van der Waals surface area contributed by atoms with Crippen LogP contribution in [0.25, 0.3) is 10.6 Å². The smallest absolute Gasteiger partial charge is 0.308 e. The average Bonchev–Trinajstić information content (AvgIpc) is 3.13. The van der Waals surface area contributed by atoms with E-state index < -0.39 is 29.4 Å². The molecule has 1 aromatic carbocycles. The zero-order valence-corrected chi connectivity index (χ0v) is 13.5. The third-order valence-electron chi connectivity index (χ3n) is 4.12. The van der Waals surface area contributed by atoms with E-state index in [9.17, 15) is 18.4 Å². The number of carbonyl (C=O) groups excluding carboxylic acids is 1. The number of aliphatic carboxylic acids is 1. The molecule has 1 amide bonds. The normalized spacial score (nSPS) is 20.4. The van der Waals surface area contributed by atoms with Crippen LogP contribution in [-0.2, 0) is 4.79 Å². The van der Waals surface area contributed by atoms with Gasteiger partial charge in [-0.05, 0) is 18.1 Å². The highest BCUT2D eigenvalue weighted by Gasteiger charge is 2.37. The molecule has 8 heteroatoms. The van der Waals surface area contributed by atoms with Crippen molar-refractivity contribution in [1.82, 2.24) is 9.88 Å². The summed E-state index contributed by atoms with van der Waals surface area (Å²) in [5.41, 5.74) is -0.198. The van der Waals surface area contributed by atoms with Crippen LogP contribution in [0.2, 0.25) is 0 Å². The summed E-state index contributed by atoms with van der Waals surface area (Å²) in [4.78, 5) is 29.1. The first-order valence-electron chi connectivity index (χ1n) is 7.30. The molecular formula is C16H14F2N2O3S. The minimum atomic E-state index is -0.940. The van der Waals surface area contributed by atoms with Gasteiger partial charge in [-0.3, -0.25) is 9.59 Å². The number of hydrogen-bond acceptors (Lipinski definition) is 4. The zero-order valence-electron chi connectivity index (χ0n) is 12.7. The van der Waals surface area contributed by atoms with Gasteiger partial charge in [0.1, 0.15) is 22.3 Å². The summed E-state index contributed by atoms with van der Waals surface area (Å²) in [6, 6.07) is 3.51. The molecule has 2 atom stereocenters. The first-order valence-corrected chi connectivity index (χ1v) is 8.18. The minimum absolute atomic E-state index is 0.0656. The van der Waals surface area contributed by atoms with Crippen molar-refractivity contribution in [2.24, 2.45) is 11.8 Å². The molecule has 3 rings (SSSR count). The lowest BCUT2D eigenvalue weighted by Crippen LogP contribution is -2.30. The molecule has 1 saturated heterocycles. The Morgan fingerprint density at radius 3 is 2.54 bits per heavy atom. The van der Waals surface area contributed by atoms with Gasteiger partial charge in [0.25, 0.3) is 5.91 Å². The van der Waals surface area contributed by atoms with Crippen molar-refractivity contribution in [2.45, 2.75) is 6.92 Å². The molecule has 1 aliphatic rings. The van der Waals surface area contributed by atoms with Gasteiger partial charge < -0.3 is 10.0 Å². The second-order valence-corrected chi connectivity index (χ2v) is 6.62. The van der Waals surface area contributed by atoms with Crippen LogP contribution in [-0.4, -0.2) is 40.0 Å². The molecule has 0 unspecified atom stereocenters. The molecule has 1 aromatic heterocycles. The second kappa shape index (κ2) is 6.27. The number of likely N-dealkylation sites (tertiary alicyclic amines) is 1. The fraction of sp³-hybridized carbons (Fsp3) is 0.312. The van der Waals surface area contributed by atoms with Crippen LogP contribution in [0, 0.1) is 23.5 Å². The van der Waals surface area contributed by atoms with Crippen molar-refractivity contribution >= 4 is 23.2 Å². The summed E-state index contributed by atoms with van der Waals surface area (Å²) in [5, 5.41) is 10.6. The number of hydrogen-bond donors (Lipinski definition) is 1. The summed E-state index contributed by atoms with van der Waals surface area (Å²) < 4.78 is 27.6. The molecule has 1 aliphatic heterocycles. The monoisotopic (exact) mass is 352 g/mol. The average molecular weight is 352 g/mol. The van der Waals surface area contributed by atoms with Crippen LogP contribution < -0.4 is 0 Å². The molecule has 0 radical (unpaired) electrons. The molecule has 2 aromatic rings. The molecule has 0 spiro atoms. The predicted molar refractivity (Wildman–Crippen MR) is 83.7 cm³/mol. The largest absolute Gasteiger partial charge is 0.481 e. The molecule has 1 fully saturated rings. The van der Waals surface area contributed by atoms with Crippen LogP contribution in [0.3, 0.4) is 0 Å². The van der Waals surface area contributed by atoms with Crippen molar-refractivity contribution in [3.63, 3.8) is 0 Å². The van der Waals surface area contributed by atoms with E-state index in [0.717, 1.165) is 23.5 Å². The molecule has 0 aliphatic carbocycles. The van der Waals surface area contributed by atoms with Crippen LogP contribution in [0.4, 0.5) is 8.78 Å². The number of thiazole rings is 1. The number of amides is 1. The van der Waals surface area contributed by atoms with Crippen molar-refractivity contribution in [2.75, 3.05) is 13.1 Å². The Hall–Kier alpha value is -2.35. The fourth-order valence-corrected chi connectivity index (χ4v) is 3.65. The SMILES string of the molecule is C[C@@H]1CN(C(=O)c2csc(-c3c(F)cccc3F)n2)C[C@H]1C(=O)O. The Morgan fingerprint density at radius 2 is 1.96 bits per heavy atom. The van der Waals surface area contributed by atoms with E-state index in [0.29, 0.717) is 6.54 Å². The minimum Gasteiger partial charge on any atom is -0.481 e. The molecule has 5 nitrogen and oxygen atoms in total.